The van der Waals surface area contributed by atoms with E-state index in [1.54, 1.807) is 11.3 Å². The van der Waals surface area contributed by atoms with Crippen LogP contribution in [0.1, 0.15) is 35.2 Å². The van der Waals surface area contributed by atoms with Crippen LogP contribution in [-0.2, 0) is 0 Å². The third-order valence-corrected chi connectivity index (χ3v) is 2.97. The van der Waals surface area contributed by atoms with Gasteiger partial charge in [0.05, 0.1) is 5.01 Å². The summed E-state index contributed by atoms with van der Waals surface area (Å²) in [6.45, 7) is 5.69. The van der Waals surface area contributed by atoms with Crippen LogP contribution in [0.3, 0.4) is 0 Å². The Morgan fingerprint density at radius 3 is 3.08 bits per heavy atom. The molecule has 72 valence electrons. The molecule has 0 aliphatic rings. The number of nitrogens with zero attached hydrogens (tertiary/aromatic N) is 1. The highest BCUT2D eigenvalue weighted by molar-refractivity contribution is 7.11. The van der Waals surface area contributed by atoms with Gasteiger partial charge in [-0.05, 0) is 26.2 Å². The molecule has 0 saturated heterocycles. The van der Waals surface area contributed by atoms with Crippen molar-refractivity contribution in [1.82, 2.24) is 4.98 Å². The van der Waals surface area contributed by atoms with Crippen LogP contribution < -0.4 is 5.73 Å². The van der Waals surface area contributed by atoms with E-state index in [1.807, 2.05) is 19.2 Å². The van der Waals surface area contributed by atoms with Crippen molar-refractivity contribution in [3.63, 3.8) is 0 Å². The van der Waals surface area contributed by atoms with Crippen LogP contribution in [-0.4, -0.2) is 4.98 Å². The van der Waals surface area contributed by atoms with Crippen molar-refractivity contribution in [3.8, 4) is 0 Å². The van der Waals surface area contributed by atoms with Crippen molar-refractivity contribution in [2.24, 2.45) is 5.73 Å². The summed E-state index contributed by atoms with van der Waals surface area (Å²) in [5, 5.41) is 1.09. The fourth-order valence-corrected chi connectivity index (χ4v) is 1.99. The van der Waals surface area contributed by atoms with E-state index in [-0.39, 0.29) is 6.04 Å². The minimum Gasteiger partial charge on any atom is -0.323 e. The molecule has 1 aromatic heterocycles. The van der Waals surface area contributed by atoms with E-state index < -0.39 is 0 Å². The smallest absolute Gasteiger partial charge is 0.0897 e. The van der Waals surface area contributed by atoms with Gasteiger partial charge in [0.2, 0.25) is 0 Å². The van der Waals surface area contributed by atoms with Crippen LogP contribution >= 0.6 is 11.3 Å². The summed E-state index contributed by atoms with van der Waals surface area (Å²) < 4.78 is 0. The Morgan fingerprint density at radius 1 is 1.77 bits per heavy atom. The Kier molecular flexibility index (Phi) is 4.12. The van der Waals surface area contributed by atoms with Gasteiger partial charge >= 0.3 is 0 Å². The van der Waals surface area contributed by atoms with E-state index in [9.17, 15) is 0 Å². The number of thiazole rings is 1. The fraction of sp³-hybridized carbons (Fsp3) is 0.500. The number of allylic oxidation sites excluding steroid dienone is 1. The highest BCUT2D eigenvalue weighted by Crippen LogP contribution is 2.22. The highest BCUT2D eigenvalue weighted by atomic mass is 32.1. The number of hydrogen-bond donors (Lipinski definition) is 1. The average molecular weight is 196 g/mol. The second kappa shape index (κ2) is 5.14. The van der Waals surface area contributed by atoms with Gasteiger partial charge in [-0.25, -0.2) is 4.98 Å². The lowest BCUT2D eigenvalue weighted by Crippen LogP contribution is -2.07. The van der Waals surface area contributed by atoms with Gasteiger partial charge in [-0.2, -0.15) is 0 Å². The molecular weight excluding hydrogens is 180 g/mol. The van der Waals surface area contributed by atoms with Crippen molar-refractivity contribution in [1.29, 1.82) is 0 Å². The van der Waals surface area contributed by atoms with Crippen molar-refractivity contribution >= 4 is 11.3 Å². The van der Waals surface area contributed by atoms with E-state index in [4.69, 9.17) is 5.73 Å². The maximum atomic E-state index is 5.99. The summed E-state index contributed by atoms with van der Waals surface area (Å²) in [7, 11) is 0. The van der Waals surface area contributed by atoms with Crippen LogP contribution in [0.4, 0.5) is 0 Å². The van der Waals surface area contributed by atoms with Crippen molar-refractivity contribution in [3.05, 3.63) is 28.7 Å². The Hall–Kier alpha value is -0.670. The van der Waals surface area contributed by atoms with E-state index in [1.165, 1.54) is 4.88 Å². The predicted molar refractivity (Wildman–Crippen MR) is 57.8 cm³/mol. The molecule has 0 spiro atoms. The number of aromatic nitrogens is 1. The topological polar surface area (TPSA) is 38.9 Å². The van der Waals surface area contributed by atoms with Gasteiger partial charge in [0.1, 0.15) is 0 Å². The molecule has 0 aliphatic carbocycles. The zero-order valence-electron chi connectivity index (χ0n) is 7.99. The maximum Gasteiger partial charge on any atom is 0.0897 e. The molecule has 1 atom stereocenters. The van der Waals surface area contributed by atoms with Gasteiger partial charge in [0, 0.05) is 17.1 Å². The number of hydrogen-bond acceptors (Lipinski definition) is 3. The summed E-state index contributed by atoms with van der Waals surface area (Å²) >= 11 is 1.69. The summed E-state index contributed by atoms with van der Waals surface area (Å²) in [6.07, 6.45) is 7.00. The molecule has 1 aromatic rings. The molecule has 1 rings (SSSR count). The van der Waals surface area contributed by atoms with E-state index in [2.05, 4.69) is 11.6 Å². The van der Waals surface area contributed by atoms with Gasteiger partial charge in [0.15, 0.2) is 0 Å². The van der Waals surface area contributed by atoms with Gasteiger partial charge in [-0.1, -0.05) is 6.08 Å². The van der Waals surface area contributed by atoms with Crippen LogP contribution in [0.5, 0.6) is 0 Å². The molecule has 0 bridgehead atoms. The standard InChI is InChI=1S/C10H16N2S/c1-3-4-5-6-9(11)10-7-12-8(2)13-10/h3,7,9H,1,4-6,11H2,2H3. The molecule has 0 saturated carbocycles. The SMILES string of the molecule is C=CCCCC(N)c1cnc(C)s1. The number of rotatable bonds is 5. The molecule has 0 radical (unpaired) electrons. The first-order valence-electron chi connectivity index (χ1n) is 4.53. The van der Waals surface area contributed by atoms with Crippen molar-refractivity contribution in [2.75, 3.05) is 0 Å². The third kappa shape index (κ3) is 3.28. The molecular formula is C10H16N2S. The Balaban J connectivity index is 2.39. The molecule has 13 heavy (non-hydrogen) atoms. The lowest BCUT2D eigenvalue weighted by Gasteiger charge is -2.06. The van der Waals surface area contributed by atoms with Crippen LogP contribution in [0.15, 0.2) is 18.9 Å². The quantitative estimate of drug-likeness (QED) is 0.581. The van der Waals surface area contributed by atoms with Crippen LogP contribution in [0, 0.1) is 6.92 Å². The average Bonchev–Trinajstić information content (AvgIpc) is 2.52. The summed E-state index contributed by atoms with van der Waals surface area (Å²) in [5.41, 5.74) is 5.99. The van der Waals surface area contributed by atoms with Gasteiger partial charge < -0.3 is 5.73 Å². The summed E-state index contributed by atoms with van der Waals surface area (Å²) in [4.78, 5) is 5.38. The molecule has 2 N–H and O–H groups in total. The second-order valence-electron chi connectivity index (χ2n) is 3.11. The molecule has 0 aliphatic heterocycles. The first kappa shape index (κ1) is 10.4. The van der Waals surface area contributed by atoms with Crippen LogP contribution in [0.25, 0.3) is 0 Å². The molecule has 2 nitrogen and oxygen atoms in total. The number of nitrogens with two attached hydrogens (primary N) is 1. The molecule has 1 unspecified atom stereocenters. The number of unbranched alkanes of at least 4 members (excludes halogenated alkanes) is 1. The monoisotopic (exact) mass is 196 g/mol. The molecule has 0 aromatic carbocycles. The largest absolute Gasteiger partial charge is 0.323 e. The molecule has 3 heteroatoms. The molecule has 0 fully saturated rings. The first-order chi connectivity index (χ1) is 6.24. The second-order valence-corrected chi connectivity index (χ2v) is 4.37. The lowest BCUT2D eigenvalue weighted by atomic mass is 10.1. The maximum absolute atomic E-state index is 5.99. The zero-order valence-corrected chi connectivity index (χ0v) is 8.81. The molecule has 0 amide bonds. The fourth-order valence-electron chi connectivity index (χ4n) is 1.17. The predicted octanol–water partition coefficient (Wildman–Crippen LogP) is 2.81. The number of aryl methyl sites for hydroxylation is 1. The molecule has 1 heterocycles. The Bertz CT molecular complexity index is 268. The van der Waals surface area contributed by atoms with Crippen molar-refractivity contribution < 1.29 is 0 Å². The minimum atomic E-state index is 0.158. The minimum absolute atomic E-state index is 0.158. The summed E-state index contributed by atoms with van der Waals surface area (Å²) in [5.74, 6) is 0. The summed E-state index contributed by atoms with van der Waals surface area (Å²) in [6, 6.07) is 0.158. The zero-order chi connectivity index (χ0) is 9.68. The lowest BCUT2D eigenvalue weighted by molar-refractivity contribution is 0.625. The van der Waals surface area contributed by atoms with E-state index >= 15 is 0 Å². The first-order valence-corrected chi connectivity index (χ1v) is 5.34. The van der Waals surface area contributed by atoms with Crippen molar-refractivity contribution in [2.45, 2.75) is 32.2 Å². The Morgan fingerprint density at radius 2 is 2.54 bits per heavy atom. The van der Waals surface area contributed by atoms with Crippen LogP contribution in [0.2, 0.25) is 0 Å². The Labute approximate surface area is 83.5 Å². The van der Waals surface area contributed by atoms with E-state index in [0.29, 0.717) is 0 Å². The normalized spacial score (nSPS) is 12.8. The third-order valence-electron chi connectivity index (χ3n) is 1.93. The highest BCUT2D eigenvalue weighted by Gasteiger charge is 2.07. The van der Waals surface area contributed by atoms with Gasteiger partial charge in [0.25, 0.3) is 0 Å². The van der Waals surface area contributed by atoms with Gasteiger partial charge in [-0.15, -0.1) is 17.9 Å². The van der Waals surface area contributed by atoms with E-state index in [0.717, 1.165) is 24.3 Å². The van der Waals surface area contributed by atoms with Gasteiger partial charge in [-0.3, -0.25) is 0 Å².